The van der Waals surface area contributed by atoms with E-state index in [9.17, 15) is 4.79 Å². The summed E-state index contributed by atoms with van der Waals surface area (Å²) in [6.07, 6.45) is 0. The van der Waals surface area contributed by atoms with Crippen molar-refractivity contribution < 1.29 is 4.79 Å². The Morgan fingerprint density at radius 3 is 2.00 bits per heavy atom. The number of benzene rings is 2. The molecule has 2 aliphatic rings. The lowest BCUT2D eigenvalue weighted by Crippen LogP contribution is -2.39. The maximum absolute atomic E-state index is 12.4. The molecule has 25 heavy (non-hydrogen) atoms. The van der Waals surface area contributed by atoms with Crippen molar-refractivity contribution in [2.45, 2.75) is 44.8 Å². The van der Waals surface area contributed by atoms with E-state index >= 15 is 0 Å². The summed E-state index contributed by atoms with van der Waals surface area (Å²) in [6.45, 7) is 6.48. The van der Waals surface area contributed by atoms with Gasteiger partial charge < -0.3 is 5.32 Å². The van der Waals surface area contributed by atoms with Gasteiger partial charge in [0.1, 0.15) is 6.04 Å². The molecule has 4 unspecified atom stereocenters. The molecule has 4 nitrogen and oxygen atoms in total. The Kier molecular flexibility index (Phi) is 4.10. The fourth-order valence-electron chi connectivity index (χ4n) is 4.00. The number of hydrogen-bond donors (Lipinski definition) is 3. The molecule has 0 saturated carbocycles. The van der Waals surface area contributed by atoms with Crippen LogP contribution in [0.15, 0.2) is 48.5 Å². The van der Waals surface area contributed by atoms with Gasteiger partial charge in [0.15, 0.2) is 0 Å². The van der Waals surface area contributed by atoms with Gasteiger partial charge in [-0.25, -0.2) is 10.9 Å². The third kappa shape index (κ3) is 2.86. The Balaban J connectivity index is 1.66. The fraction of sp³-hybridized carbons (Fsp3) is 0.381. The molecule has 2 heterocycles. The predicted molar refractivity (Wildman–Crippen MR) is 98.9 cm³/mol. The summed E-state index contributed by atoms with van der Waals surface area (Å²) in [5, 5.41) is 3.19. The molecule has 130 valence electrons. The van der Waals surface area contributed by atoms with E-state index in [1.165, 1.54) is 22.3 Å². The maximum Gasteiger partial charge on any atom is 0.239 e. The van der Waals surface area contributed by atoms with Crippen molar-refractivity contribution in [1.82, 2.24) is 16.2 Å². The summed E-state index contributed by atoms with van der Waals surface area (Å²) in [5.74, 6) is 0.736. The van der Waals surface area contributed by atoms with Crippen molar-refractivity contribution in [3.8, 4) is 0 Å². The molecule has 2 saturated heterocycles. The molecular formula is C21H25N3O. The van der Waals surface area contributed by atoms with Crippen LogP contribution in [0.1, 0.15) is 54.1 Å². The van der Waals surface area contributed by atoms with Gasteiger partial charge in [0.05, 0.1) is 12.1 Å². The third-order valence-corrected chi connectivity index (χ3v) is 5.53. The van der Waals surface area contributed by atoms with Crippen LogP contribution in [0.4, 0.5) is 0 Å². The fourth-order valence-corrected chi connectivity index (χ4v) is 4.00. The lowest BCUT2D eigenvalue weighted by molar-refractivity contribution is -0.121. The smallest absolute Gasteiger partial charge is 0.239 e. The predicted octanol–water partition coefficient (Wildman–Crippen LogP) is 3.12. The van der Waals surface area contributed by atoms with Crippen molar-refractivity contribution >= 4 is 5.91 Å². The highest BCUT2D eigenvalue weighted by Crippen LogP contribution is 2.42. The monoisotopic (exact) mass is 335 g/mol. The Morgan fingerprint density at radius 1 is 0.800 bits per heavy atom. The second kappa shape index (κ2) is 6.28. The van der Waals surface area contributed by atoms with Crippen LogP contribution < -0.4 is 16.2 Å². The molecule has 2 aliphatic heterocycles. The average molecular weight is 335 g/mol. The summed E-state index contributed by atoms with van der Waals surface area (Å²) in [7, 11) is 0. The lowest BCUT2D eigenvalue weighted by Gasteiger charge is -2.24. The van der Waals surface area contributed by atoms with E-state index in [1.54, 1.807) is 0 Å². The van der Waals surface area contributed by atoms with Crippen molar-refractivity contribution in [2.75, 3.05) is 0 Å². The van der Waals surface area contributed by atoms with Crippen LogP contribution in [0.3, 0.4) is 0 Å². The molecule has 0 bridgehead atoms. The van der Waals surface area contributed by atoms with Gasteiger partial charge in [-0.15, -0.1) is 0 Å². The minimum atomic E-state index is -0.193. The molecule has 2 aromatic carbocycles. The van der Waals surface area contributed by atoms with Crippen molar-refractivity contribution in [1.29, 1.82) is 0 Å². The van der Waals surface area contributed by atoms with E-state index in [0.717, 1.165) is 0 Å². The molecule has 0 spiro atoms. The molecule has 2 aromatic rings. The first-order chi connectivity index (χ1) is 12.0. The zero-order valence-corrected chi connectivity index (χ0v) is 14.9. The summed E-state index contributed by atoms with van der Waals surface area (Å²) >= 11 is 0. The number of nitrogens with one attached hydrogen (secondary N) is 3. The lowest BCUT2D eigenvalue weighted by atomic mass is 9.83. The average Bonchev–Trinajstić information content (AvgIpc) is 3.17. The van der Waals surface area contributed by atoms with Crippen LogP contribution in [-0.4, -0.2) is 11.9 Å². The molecular weight excluding hydrogens is 310 g/mol. The molecule has 1 amide bonds. The van der Waals surface area contributed by atoms with E-state index in [4.69, 9.17) is 0 Å². The largest absolute Gasteiger partial charge is 0.347 e. The minimum absolute atomic E-state index is 0.0208. The third-order valence-electron chi connectivity index (χ3n) is 5.53. The maximum atomic E-state index is 12.4. The normalized spacial score (nSPS) is 28.2. The summed E-state index contributed by atoms with van der Waals surface area (Å²) < 4.78 is 0. The molecule has 4 heteroatoms. The first-order valence-electron chi connectivity index (χ1n) is 9.02. The first kappa shape index (κ1) is 16.3. The van der Waals surface area contributed by atoms with Crippen molar-refractivity contribution in [2.24, 2.45) is 5.92 Å². The quantitative estimate of drug-likeness (QED) is 0.808. The number of fused-ring (bicyclic) bond motifs is 1. The highest BCUT2D eigenvalue weighted by Gasteiger charge is 2.51. The van der Waals surface area contributed by atoms with Gasteiger partial charge in [0, 0.05) is 5.92 Å². The second-order valence-electron chi connectivity index (χ2n) is 7.54. The number of aryl methyl sites for hydroxylation is 1. The summed E-state index contributed by atoms with van der Waals surface area (Å²) in [5.41, 5.74) is 11.5. The zero-order valence-electron chi connectivity index (χ0n) is 14.9. The van der Waals surface area contributed by atoms with E-state index in [2.05, 4.69) is 85.5 Å². The van der Waals surface area contributed by atoms with E-state index < -0.39 is 0 Å². The summed E-state index contributed by atoms with van der Waals surface area (Å²) in [6, 6.07) is 17.2. The van der Waals surface area contributed by atoms with Gasteiger partial charge in [-0.05, 0) is 29.5 Å². The van der Waals surface area contributed by atoms with Crippen LogP contribution >= 0.6 is 0 Å². The number of carbonyl (C=O) groups excluding carboxylic acids is 1. The van der Waals surface area contributed by atoms with E-state index in [-0.39, 0.29) is 30.0 Å². The zero-order chi connectivity index (χ0) is 17.6. The Hall–Kier alpha value is -2.17. The van der Waals surface area contributed by atoms with Crippen LogP contribution in [0, 0.1) is 12.8 Å². The molecule has 0 aromatic heterocycles. The van der Waals surface area contributed by atoms with Crippen LogP contribution in [0.25, 0.3) is 0 Å². The summed E-state index contributed by atoms with van der Waals surface area (Å²) in [4.78, 5) is 12.4. The van der Waals surface area contributed by atoms with Crippen LogP contribution in [0.2, 0.25) is 0 Å². The first-order valence-corrected chi connectivity index (χ1v) is 9.02. The number of hydrogen-bond acceptors (Lipinski definition) is 3. The Labute approximate surface area is 149 Å². The van der Waals surface area contributed by atoms with Crippen molar-refractivity contribution in [3.63, 3.8) is 0 Å². The molecule has 0 radical (unpaired) electrons. The topological polar surface area (TPSA) is 53.2 Å². The number of rotatable bonds is 3. The molecule has 0 aliphatic carbocycles. The van der Waals surface area contributed by atoms with Crippen molar-refractivity contribution in [3.05, 3.63) is 70.8 Å². The van der Waals surface area contributed by atoms with Crippen LogP contribution in [0.5, 0.6) is 0 Å². The number of hydrazine groups is 1. The van der Waals surface area contributed by atoms with Gasteiger partial charge in [0.2, 0.25) is 5.91 Å². The van der Waals surface area contributed by atoms with Gasteiger partial charge >= 0.3 is 0 Å². The van der Waals surface area contributed by atoms with Crippen LogP contribution in [-0.2, 0) is 4.79 Å². The highest BCUT2D eigenvalue weighted by molar-refractivity contribution is 5.86. The van der Waals surface area contributed by atoms with E-state index in [0.29, 0.717) is 5.92 Å². The Morgan fingerprint density at radius 2 is 1.36 bits per heavy atom. The standard InChI is InChI=1S/C21H25N3O/c1-12(2)14-8-10-15(11-9-14)18-17-19(16-6-4-13(3)5-7-16)23-24-20(17)21(25)22-18/h4-12,17-20,23-24H,1-3H3,(H,22,25). The molecule has 4 rings (SSSR count). The molecule has 2 fully saturated rings. The number of amides is 1. The van der Waals surface area contributed by atoms with Gasteiger partial charge in [-0.1, -0.05) is 67.9 Å². The van der Waals surface area contributed by atoms with Gasteiger partial charge in [-0.2, -0.15) is 0 Å². The SMILES string of the molecule is Cc1ccc(C2NNC3C(=O)NC(c4ccc(C(C)C)cc4)C32)cc1. The second-order valence-corrected chi connectivity index (χ2v) is 7.54. The van der Waals surface area contributed by atoms with E-state index in [1.807, 2.05) is 0 Å². The molecule has 4 atom stereocenters. The highest BCUT2D eigenvalue weighted by atomic mass is 16.2. The van der Waals surface area contributed by atoms with Gasteiger partial charge in [0.25, 0.3) is 0 Å². The number of carbonyl (C=O) groups is 1. The van der Waals surface area contributed by atoms with Gasteiger partial charge in [-0.3, -0.25) is 4.79 Å². The minimum Gasteiger partial charge on any atom is -0.347 e. The molecule has 3 N–H and O–H groups in total. The Bertz CT molecular complexity index is 767.